The third kappa shape index (κ3) is 3.17. The molecule has 2 rings (SSSR count). The van der Waals surface area contributed by atoms with Gasteiger partial charge >= 0.3 is 0 Å². The van der Waals surface area contributed by atoms with Crippen molar-refractivity contribution in [3.8, 4) is 0 Å². The molecular weight excluding hydrogens is 204 g/mol. The van der Waals surface area contributed by atoms with Gasteiger partial charge in [0, 0.05) is 26.2 Å². The zero-order valence-corrected chi connectivity index (χ0v) is 10.4. The predicted octanol–water partition coefficient (Wildman–Crippen LogP) is 0.604. The van der Waals surface area contributed by atoms with Crippen molar-refractivity contribution in [3.63, 3.8) is 0 Å². The number of nitrogens with two attached hydrogens (primary N) is 1. The largest absolute Gasteiger partial charge is 0.373 e. The third-order valence-electron chi connectivity index (χ3n) is 3.42. The third-order valence-corrected chi connectivity index (χ3v) is 3.42. The van der Waals surface area contributed by atoms with E-state index in [2.05, 4.69) is 18.7 Å². The zero-order chi connectivity index (χ0) is 11.6. The molecule has 16 heavy (non-hydrogen) atoms. The Morgan fingerprint density at radius 3 is 2.69 bits per heavy atom. The molecule has 0 aromatic carbocycles. The minimum Gasteiger partial charge on any atom is -0.373 e. The minimum atomic E-state index is -0.00980. The van der Waals surface area contributed by atoms with E-state index in [-0.39, 0.29) is 5.60 Å². The number of morpholine rings is 1. The van der Waals surface area contributed by atoms with Crippen LogP contribution < -0.4 is 5.73 Å². The Balaban J connectivity index is 1.77. The minimum absolute atomic E-state index is 0.00980. The van der Waals surface area contributed by atoms with E-state index in [1.165, 1.54) is 0 Å². The van der Waals surface area contributed by atoms with E-state index in [1.807, 2.05) is 0 Å². The monoisotopic (exact) mass is 228 g/mol. The zero-order valence-electron chi connectivity index (χ0n) is 10.4. The van der Waals surface area contributed by atoms with E-state index in [1.54, 1.807) is 0 Å². The van der Waals surface area contributed by atoms with Crippen LogP contribution in [-0.4, -0.2) is 55.5 Å². The second-order valence-electron chi connectivity index (χ2n) is 5.54. The van der Waals surface area contributed by atoms with E-state index < -0.39 is 0 Å². The highest BCUT2D eigenvalue weighted by atomic mass is 16.5. The summed E-state index contributed by atoms with van der Waals surface area (Å²) in [5, 5.41) is 0. The highest BCUT2D eigenvalue weighted by Crippen LogP contribution is 2.22. The van der Waals surface area contributed by atoms with Gasteiger partial charge < -0.3 is 15.2 Å². The Labute approximate surface area is 98.1 Å². The van der Waals surface area contributed by atoms with Gasteiger partial charge in [-0.25, -0.2) is 0 Å². The average Bonchev–Trinajstić information content (AvgIpc) is 2.64. The first-order valence-corrected chi connectivity index (χ1v) is 6.31. The van der Waals surface area contributed by atoms with Crippen molar-refractivity contribution in [1.29, 1.82) is 0 Å². The molecule has 0 aromatic rings. The molecule has 2 unspecified atom stereocenters. The first kappa shape index (κ1) is 12.3. The lowest BCUT2D eigenvalue weighted by Gasteiger charge is -2.39. The Morgan fingerprint density at radius 1 is 1.31 bits per heavy atom. The fourth-order valence-corrected chi connectivity index (χ4v) is 2.65. The molecule has 2 saturated heterocycles. The van der Waals surface area contributed by atoms with Gasteiger partial charge in [-0.1, -0.05) is 0 Å². The number of hydrogen-bond acceptors (Lipinski definition) is 4. The van der Waals surface area contributed by atoms with Crippen LogP contribution in [-0.2, 0) is 9.47 Å². The van der Waals surface area contributed by atoms with Gasteiger partial charge in [-0.3, -0.25) is 4.90 Å². The number of nitrogens with zero attached hydrogens (tertiary/aromatic N) is 1. The quantitative estimate of drug-likeness (QED) is 0.768. The molecule has 2 aliphatic heterocycles. The van der Waals surface area contributed by atoms with Gasteiger partial charge in [0.15, 0.2) is 0 Å². The Morgan fingerprint density at radius 2 is 2.06 bits per heavy atom. The van der Waals surface area contributed by atoms with Crippen LogP contribution in [0.3, 0.4) is 0 Å². The van der Waals surface area contributed by atoms with E-state index in [9.17, 15) is 0 Å². The standard InChI is InChI=1S/C12H24N2O2/c1-12(2)9-14(5-6-15-12)8-11-4-3-10(7-13)16-11/h10-11H,3-9,13H2,1-2H3. The van der Waals surface area contributed by atoms with Crippen LogP contribution in [0.15, 0.2) is 0 Å². The number of rotatable bonds is 3. The number of hydrogen-bond donors (Lipinski definition) is 1. The lowest BCUT2D eigenvalue weighted by molar-refractivity contribution is -0.0963. The fraction of sp³-hybridized carbons (Fsp3) is 1.00. The molecule has 0 spiro atoms. The van der Waals surface area contributed by atoms with Gasteiger partial charge in [0.25, 0.3) is 0 Å². The summed E-state index contributed by atoms with van der Waals surface area (Å²) in [4.78, 5) is 2.45. The molecule has 4 nitrogen and oxygen atoms in total. The Hall–Kier alpha value is -0.160. The molecule has 0 radical (unpaired) electrons. The SMILES string of the molecule is CC1(C)CN(CC2CCC(CN)O2)CCO1. The van der Waals surface area contributed by atoms with E-state index >= 15 is 0 Å². The van der Waals surface area contributed by atoms with Gasteiger partial charge in [0.2, 0.25) is 0 Å². The number of ether oxygens (including phenoxy) is 2. The maximum atomic E-state index is 5.87. The topological polar surface area (TPSA) is 47.7 Å². The fourth-order valence-electron chi connectivity index (χ4n) is 2.65. The van der Waals surface area contributed by atoms with Gasteiger partial charge in [0.05, 0.1) is 24.4 Å². The van der Waals surface area contributed by atoms with E-state index in [0.717, 1.165) is 39.1 Å². The van der Waals surface area contributed by atoms with Crippen molar-refractivity contribution >= 4 is 0 Å². The molecule has 0 aromatic heterocycles. The molecule has 2 heterocycles. The summed E-state index contributed by atoms with van der Waals surface area (Å²) < 4.78 is 11.6. The van der Waals surface area contributed by atoms with Crippen molar-refractivity contribution in [2.75, 3.05) is 32.8 Å². The molecule has 2 aliphatic rings. The Bertz CT molecular complexity index is 233. The van der Waals surface area contributed by atoms with Crippen LogP contribution in [0.25, 0.3) is 0 Å². The molecular formula is C12H24N2O2. The molecule has 2 fully saturated rings. The molecule has 2 atom stereocenters. The second kappa shape index (κ2) is 5.00. The van der Waals surface area contributed by atoms with Gasteiger partial charge in [-0.15, -0.1) is 0 Å². The summed E-state index contributed by atoms with van der Waals surface area (Å²) in [6.07, 6.45) is 2.94. The first-order valence-electron chi connectivity index (χ1n) is 6.31. The van der Waals surface area contributed by atoms with Gasteiger partial charge in [0.1, 0.15) is 0 Å². The van der Waals surface area contributed by atoms with Crippen molar-refractivity contribution in [2.24, 2.45) is 5.73 Å². The lowest BCUT2D eigenvalue weighted by Crippen LogP contribution is -2.50. The summed E-state index contributed by atoms with van der Waals surface area (Å²) >= 11 is 0. The van der Waals surface area contributed by atoms with Crippen molar-refractivity contribution in [3.05, 3.63) is 0 Å². The van der Waals surface area contributed by atoms with Crippen molar-refractivity contribution in [1.82, 2.24) is 4.90 Å². The molecule has 0 aliphatic carbocycles. The summed E-state index contributed by atoms with van der Waals surface area (Å²) in [6.45, 7) is 8.85. The van der Waals surface area contributed by atoms with Crippen molar-refractivity contribution < 1.29 is 9.47 Å². The molecule has 0 saturated carbocycles. The first-order chi connectivity index (χ1) is 7.59. The van der Waals surface area contributed by atoms with Crippen LogP contribution in [0.1, 0.15) is 26.7 Å². The summed E-state index contributed by atoms with van der Waals surface area (Å²) in [5.74, 6) is 0. The van der Waals surface area contributed by atoms with Crippen LogP contribution in [0.4, 0.5) is 0 Å². The molecule has 94 valence electrons. The summed E-state index contributed by atoms with van der Waals surface area (Å²) in [6, 6.07) is 0. The highest BCUT2D eigenvalue weighted by molar-refractivity contribution is 4.83. The second-order valence-corrected chi connectivity index (χ2v) is 5.54. The highest BCUT2D eigenvalue weighted by Gasteiger charge is 2.31. The van der Waals surface area contributed by atoms with Crippen LogP contribution in [0, 0.1) is 0 Å². The molecule has 4 heteroatoms. The van der Waals surface area contributed by atoms with Gasteiger partial charge in [-0.2, -0.15) is 0 Å². The van der Waals surface area contributed by atoms with E-state index in [0.29, 0.717) is 18.8 Å². The summed E-state index contributed by atoms with van der Waals surface area (Å²) in [5.41, 5.74) is 5.60. The van der Waals surface area contributed by atoms with Crippen molar-refractivity contribution in [2.45, 2.75) is 44.5 Å². The maximum Gasteiger partial charge on any atom is 0.0753 e. The lowest BCUT2D eigenvalue weighted by atomic mass is 10.1. The van der Waals surface area contributed by atoms with Crippen LogP contribution >= 0.6 is 0 Å². The predicted molar refractivity (Wildman–Crippen MR) is 63.4 cm³/mol. The van der Waals surface area contributed by atoms with Gasteiger partial charge in [-0.05, 0) is 26.7 Å². The van der Waals surface area contributed by atoms with E-state index in [4.69, 9.17) is 15.2 Å². The maximum absolute atomic E-state index is 5.87. The molecule has 2 N–H and O–H groups in total. The molecule has 0 bridgehead atoms. The summed E-state index contributed by atoms with van der Waals surface area (Å²) in [7, 11) is 0. The average molecular weight is 228 g/mol. The van der Waals surface area contributed by atoms with Crippen LogP contribution in [0.2, 0.25) is 0 Å². The van der Waals surface area contributed by atoms with Crippen LogP contribution in [0.5, 0.6) is 0 Å². The Kier molecular flexibility index (Phi) is 3.85. The smallest absolute Gasteiger partial charge is 0.0753 e. The normalized spacial score (nSPS) is 35.4. The molecule has 0 amide bonds.